The molecule has 0 bridgehead atoms. The third-order valence-electron chi connectivity index (χ3n) is 9.29. The standard InChI is InChI=1S/C54H35N3/c1-2-15-36(16-3-1)37-17-14-18-39(33-37)56-49-25-10-5-22-44(49)46-31-30-40(35-54(46)56)55-50-26-11-8-23-45(50)47-34-38(29-32-53(47)55)41-19-4-9-24-48(41)57-51-27-12-6-20-42(51)43-21-7-13-28-52(43)57/h1-35H/i1D,2D,3D,4D,5D,6D,7D,8D,9D,10D,11D,12D,13D,14D,15D,16D,17D,18D,19D,20D,21D,22D,23D,24D,25D,26D,27D,28D,29D,30D,31D,32D,33D,34D,35D. The average molecular weight is 761 g/mol. The van der Waals surface area contributed by atoms with Crippen molar-refractivity contribution < 1.29 is 48.0 Å². The van der Waals surface area contributed by atoms with Gasteiger partial charge in [0.1, 0.15) is 0 Å². The van der Waals surface area contributed by atoms with Crippen LogP contribution in [0.25, 0.3) is 105 Å². The monoisotopic (exact) mass is 761 g/mol. The van der Waals surface area contributed by atoms with Gasteiger partial charge in [0, 0.05) is 49.3 Å². The van der Waals surface area contributed by atoms with Gasteiger partial charge in [-0.1, -0.05) is 145 Å². The summed E-state index contributed by atoms with van der Waals surface area (Å²) < 4.78 is 322. The molecule has 3 heterocycles. The van der Waals surface area contributed by atoms with E-state index in [0.717, 1.165) is 0 Å². The second kappa shape index (κ2) is 12.5. The lowest BCUT2D eigenvalue weighted by Crippen LogP contribution is -1.98. The molecule has 57 heavy (non-hydrogen) atoms. The maximum absolute atomic E-state index is 10.3. The fraction of sp³-hybridized carbons (Fsp3) is 0. The molecule has 266 valence electrons. The van der Waals surface area contributed by atoms with E-state index in [1.807, 2.05) is 0 Å². The number of fused-ring (bicyclic) bond motifs is 9. The number of hydrogen-bond donors (Lipinski definition) is 0. The molecule has 0 radical (unpaired) electrons. The minimum absolute atomic E-state index is 0.564. The summed E-state index contributed by atoms with van der Waals surface area (Å²) in [6.45, 7) is 0. The molecular formula is C54H35N3. The Labute approximate surface area is 378 Å². The Kier molecular flexibility index (Phi) is 2.78. The average Bonchev–Trinajstić information content (AvgIpc) is 1.51. The first-order chi connectivity index (χ1) is 42.9. The van der Waals surface area contributed by atoms with Crippen LogP contribution in [0.4, 0.5) is 0 Å². The molecule has 0 aliphatic heterocycles. The van der Waals surface area contributed by atoms with Crippen LogP contribution in [0.15, 0.2) is 211 Å². The third kappa shape index (κ3) is 4.79. The second-order valence-corrected chi connectivity index (χ2v) is 12.3. The Balaban J connectivity index is 1.31. The Hall–Kier alpha value is -7.62. The summed E-state index contributed by atoms with van der Waals surface area (Å²) in [6.07, 6.45) is 0. The van der Waals surface area contributed by atoms with Gasteiger partial charge in [0.05, 0.1) is 86.8 Å². The van der Waals surface area contributed by atoms with Crippen LogP contribution in [0.2, 0.25) is 0 Å². The quantitative estimate of drug-likeness (QED) is 0.166. The van der Waals surface area contributed by atoms with Crippen molar-refractivity contribution in [3.05, 3.63) is 211 Å². The van der Waals surface area contributed by atoms with Gasteiger partial charge in [-0.3, -0.25) is 0 Å². The lowest BCUT2D eigenvalue weighted by atomic mass is 10.0. The van der Waals surface area contributed by atoms with Crippen molar-refractivity contribution in [1.29, 1.82) is 0 Å². The summed E-state index contributed by atoms with van der Waals surface area (Å²) in [5, 5.41) is -4.05. The van der Waals surface area contributed by atoms with Crippen LogP contribution < -0.4 is 0 Å². The van der Waals surface area contributed by atoms with Crippen molar-refractivity contribution in [3.63, 3.8) is 0 Å². The molecule has 0 amide bonds. The molecule has 12 rings (SSSR count). The Bertz CT molecular complexity index is 5480. The Morgan fingerprint density at radius 2 is 0.754 bits per heavy atom. The van der Waals surface area contributed by atoms with Gasteiger partial charge in [-0.2, -0.15) is 0 Å². The van der Waals surface area contributed by atoms with Crippen molar-refractivity contribution in [2.75, 3.05) is 0 Å². The first-order valence-electron chi connectivity index (χ1n) is 34.3. The van der Waals surface area contributed by atoms with E-state index in [4.69, 9.17) is 26.0 Å². The number of para-hydroxylation sites is 5. The fourth-order valence-electron chi connectivity index (χ4n) is 6.94. The second-order valence-electron chi connectivity index (χ2n) is 12.3. The minimum Gasteiger partial charge on any atom is -0.309 e. The number of rotatable bonds is 5. The van der Waals surface area contributed by atoms with Crippen molar-refractivity contribution in [3.8, 4) is 39.3 Å². The summed E-state index contributed by atoms with van der Waals surface area (Å²) in [7, 11) is 0. The van der Waals surface area contributed by atoms with E-state index < -0.39 is 316 Å². The molecule has 3 aromatic heterocycles. The maximum Gasteiger partial charge on any atom is 0.0667 e. The highest BCUT2D eigenvalue weighted by atomic mass is 15.0. The highest BCUT2D eigenvalue weighted by Gasteiger charge is 2.19. The van der Waals surface area contributed by atoms with Crippen LogP contribution in [-0.2, 0) is 0 Å². The van der Waals surface area contributed by atoms with Crippen LogP contribution in [0.3, 0.4) is 0 Å². The number of hydrogen-bond acceptors (Lipinski definition) is 0. The van der Waals surface area contributed by atoms with Crippen molar-refractivity contribution in [2.45, 2.75) is 0 Å². The van der Waals surface area contributed by atoms with Crippen LogP contribution in [0.5, 0.6) is 0 Å². The molecule has 0 spiro atoms. The Morgan fingerprint density at radius 3 is 1.44 bits per heavy atom. The van der Waals surface area contributed by atoms with Gasteiger partial charge in [0.15, 0.2) is 0 Å². The van der Waals surface area contributed by atoms with Crippen LogP contribution in [0, 0.1) is 0 Å². The molecule has 0 aliphatic carbocycles. The van der Waals surface area contributed by atoms with Crippen LogP contribution in [-0.4, -0.2) is 13.7 Å². The van der Waals surface area contributed by atoms with Gasteiger partial charge in [-0.05, 0) is 83.2 Å². The zero-order chi connectivity index (χ0) is 67.9. The first kappa shape index (κ1) is 12.7. The fourth-order valence-corrected chi connectivity index (χ4v) is 6.94. The van der Waals surface area contributed by atoms with E-state index in [9.17, 15) is 21.9 Å². The van der Waals surface area contributed by atoms with E-state index in [1.54, 1.807) is 0 Å². The van der Waals surface area contributed by atoms with E-state index in [-0.39, 0.29) is 0 Å². The SMILES string of the molecule is [2H]c1c([2H])c([2H])c(-c2c([2H])c([2H])c([2H])c(-n3c4c([2H])c([2H])c([2H])c([2H])c4c4c([2H])c([2H])c(-n5c6c([2H])c([2H])c([2H])c([2H])c6c6c([2H])c(-c7c([2H])c([2H])c([2H])c([2H])c7-n7c8c([2H])c([2H])c([2H])c([2H])c8c8c([2H])c([2H])c([2H])c([2H])c87)c([2H])c([2H])c65)c([2H])c43)c2[2H])c([2H])c1[2H]. The molecular weight excluding hydrogens is 691 g/mol. The molecule has 12 aromatic rings. The van der Waals surface area contributed by atoms with Crippen LogP contribution in [0.1, 0.15) is 48.0 Å². The number of nitrogens with zero attached hydrogens (tertiary/aromatic N) is 3. The summed E-state index contributed by atoms with van der Waals surface area (Å²) in [5.41, 5.74) is -11.2. The predicted molar refractivity (Wildman–Crippen MR) is 240 cm³/mol. The Morgan fingerprint density at radius 1 is 0.263 bits per heavy atom. The zero-order valence-electron chi connectivity index (χ0n) is 63.3. The van der Waals surface area contributed by atoms with Gasteiger partial charge in [-0.15, -0.1) is 0 Å². The van der Waals surface area contributed by atoms with Crippen molar-refractivity contribution in [2.24, 2.45) is 0 Å². The molecule has 0 unspecified atom stereocenters. The molecule has 0 saturated carbocycles. The van der Waals surface area contributed by atoms with Crippen molar-refractivity contribution in [1.82, 2.24) is 13.7 Å². The molecule has 0 aliphatic rings. The zero-order valence-corrected chi connectivity index (χ0v) is 28.3. The van der Waals surface area contributed by atoms with Crippen LogP contribution >= 0.6 is 0 Å². The summed E-state index contributed by atoms with van der Waals surface area (Å²) in [5.74, 6) is 0. The van der Waals surface area contributed by atoms with Gasteiger partial charge < -0.3 is 13.7 Å². The largest absolute Gasteiger partial charge is 0.309 e. The number of benzene rings is 9. The molecule has 0 fully saturated rings. The van der Waals surface area contributed by atoms with E-state index in [1.165, 1.54) is 0 Å². The van der Waals surface area contributed by atoms with E-state index >= 15 is 0 Å². The smallest absolute Gasteiger partial charge is 0.0667 e. The van der Waals surface area contributed by atoms with Gasteiger partial charge >= 0.3 is 0 Å². The first-order valence-corrected chi connectivity index (χ1v) is 16.8. The third-order valence-corrected chi connectivity index (χ3v) is 9.29. The highest BCUT2D eigenvalue weighted by molar-refractivity contribution is 6.13. The summed E-state index contributed by atoms with van der Waals surface area (Å²) in [6, 6.07) is -35.8. The van der Waals surface area contributed by atoms with Gasteiger partial charge in [0.25, 0.3) is 0 Å². The molecule has 3 nitrogen and oxygen atoms in total. The lowest BCUT2D eigenvalue weighted by Gasteiger charge is -2.15. The van der Waals surface area contributed by atoms with E-state index in [0.29, 0.717) is 13.7 Å². The highest BCUT2D eigenvalue weighted by Crippen LogP contribution is 2.41. The normalized spacial score (nSPS) is 20.5. The van der Waals surface area contributed by atoms with Crippen molar-refractivity contribution >= 4 is 65.4 Å². The van der Waals surface area contributed by atoms with E-state index in [2.05, 4.69) is 0 Å². The molecule has 9 aromatic carbocycles. The maximum atomic E-state index is 10.3. The predicted octanol–water partition coefficient (Wildman–Crippen LogP) is 14.3. The lowest BCUT2D eigenvalue weighted by molar-refractivity contribution is 1.15. The molecule has 0 atom stereocenters. The minimum atomic E-state index is -1.21. The molecule has 3 heteroatoms. The van der Waals surface area contributed by atoms with Gasteiger partial charge in [-0.25, -0.2) is 0 Å². The summed E-state index contributed by atoms with van der Waals surface area (Å²) >= 11 is 0. The summed E-state index contributed by atoms with van der Waals surface area (Å²) in [4.78, 5) is 0. The topological polar surface area (TPSA) is 14.8 Å². The van der Waals surface area contributed by atoms with Gasteiger partial charge in [0.2, 0.25) is 0 Å². The molecule has 0 saturated heterocycles. The number of aromatic nitrogens is 3. The molecule has 0 N–H and O–H groups in total.